The van der Waals surface area contributed by atoms with E-state index in [2.05, 4.69) is 5.32 Å². The summed E-state index contributed by atoms with van der Waals surface area (Å²) in [6.07, 6.45) is 2.65. The van der Waals surface area contributed by atoms with Gasteiger partial charge in [0.2, 0.25) is 21.8 Å². The summed E-state index contributed by atoms with van der Waals surface area (Å²) in [5.74, 6) is -0.441. The molecule has 226 valence electrons. The fraction of sp³-hybridized carbons (Fsp3) is 0.394. The van der Waals surface area contributed by atoms with Crippen molar-refractivity contribution in [2.75, 3.05) is 17.1 Å². The smallest absolute Gasteiger partial charge is 0.243 e. The summed E-state index contributed by atoms with van der Waals surface area (Å²) in [5.41, 5.74) is 4.26. The molecule has 0 heterocycles. The molecular weight excluding hydrogens is 570 g/mol. The van der Waals surface area contributed by atoms with Gasteiger partial charge in [-0.05, 0) is 74.1 Å². The van der Waals surface area contributed by atoms with Crippen LogP contribution >= 0.6 is 11.6 Å². The van der Waals surface area contributed by atoms with Gasteiger partial charge in [0.05, 0.1) is 11.9 Å². The van der Waals surface area contributed by atoms with Gasteiger partial charge < -0.3 is 10.2 Å². The summed E-state index contributed by atoms with van der Waals surface area (Å²) in [7, 11) is -3.58. The van der Waals surface area contributed by atoms with Crippen LogP contribution in [0.5, 0.6) is 0 Å². The highest BCUT2D eigenvalue weighted by Crippen LogP contribution is 2.26. The van der Waals surface area contributed by atoms with Crippen LogP contribution in [0.2, 0.25) is 5.02 Å². The number of sulfonamides is 1. The van der Waals surface area contributed by atoms with Crippen LogP contribution in [0.25, 0.3) is 0 Å². The largest absolute Gasteiger partial charge is 0.352 e. The number of nitrogens with one attached hydrogen (secondary N) is 1. The third kappa shape index (κ3) is 9.33. The molecule has 3 aromatic rings. The van der Waals surface area contributed by atoms with Gasteiger partial charge in [0.1, 0.15) is 6.04 Å². The zero-order valence-electron chi connectivity index (χ0n) is 25.1. The summed E-state index contributed by atoms with van der Waals surface area (Å²) in [5, 5.41) is 3.65. The van der Waals surface area contributed by atoms with Gasteiger partial charge in [0.15, 0.2) is 0 Å². The molecule has 7 nitrogen and oxygen atoms in total. The molecule has 0 saturated heterocycles. The Bertz CT molecular complexity index is 1450. The summed E-state index contributed by atoms with van der Waals surface area (Å²) in [6, 6.07) is 21.6. The second-order valence-corrected chi connectivity index (χ2v) is 13.2. The molecule has 0 spiro atoms. The Kier molecular flexibility index (Phi) is 12.0. The Morgan fingerprint density at radius 3 is 2.21 bits per heavy atom. The SMILES string of the molecule is CCC(C)NC(=O)C(Cc1ccccc1)N(Cc1ccc(Cl)cc1)C(=O)CCCN(c1cccc(C)c1C)S(C)(=O)=O. The molecule has 3 aromatic carbocycles. The van der Waals surface area contributed by atoms with Crippen LogP contribution in [-0.2, 0) is 32.6 Å². The predicted octanol–water partition coefficient (Wildman–Crippen LogP) is 6.06. The van der Waals surface area contributed by atoms with Crippen LogP contribution < -0.4 is 9.62 Å². The van der Waals surface area contributed by atoms with Gasteiger partial charge in [-0.25, -0.2) is 8.42 Å². The number of amides is 2. The van der Waals surface area contributed by atoms with Gasteiger partial charge in [0, 0.05) is 37.0 Å². The van der Waals surface area contributed by atoms with E-state index < -0.39 is 16.1 Å². The normalized spacial score (nSPS) is 12.8. The monoisotopic (exact) mass is 611 g/mol. The molecule has 1 N–H and O–H groups in total. The third-order valence-electron chi connectivity index (χ3n) is 7.54. The number of hydrogen-bond acceptors (Lipinski definition) is 4. The summed E-state index contributed by atoms with van der Waals surface area (Å²) >= 11 is 6.11. The topological polar surface area (TPSA) is 86.8 Å². The zero-order chi connectivity index (χ0) is 30.9. The number of benzene rings is 3. The van der Waals surface area contributed by atoms with E-state index in [1.165, 1.54) is 10.6 Å². The molecule has 0 aliphatic rings. The average molecular weight is 612 g/mol. The number of rotatable bonds is 14. The van der Waals surface area contributed by atoms with Crippen LogP contribution in [0, 0.1) is 13.8 Å². The molecule has 0 aromatic heterocycles. The number of nitrogens with zero attached hydrogens (tertiary/aromatic N) is 2. The number of aryl methyl sites for hydroxylation is 1. The summed E-state index contributed by atoms with van der Waals surface area (Å²) in [6.45, 7) is 8.13. The first kappa shape index (κ1) is 33.1. The molecule has 9 heteroatoms. The molecule has 2 unspecified atom stereocenters. The molecule has 0 aliphatic heterocycles. The molecular formula is C33H42ClN3O4S. The minimum absolute atomic E-state index is 0.0517. The maximum Gasteiger partial charge on any atom is 0.243 e. The van der Waals surface area contributed by atoms with Crippen molar-refractivity contribution in [1.29, 1.82) is 0 Å². The lowest BCUT2D eigenvalue weighted by molar-refractivity contribution is -0.141. The number of anilines is 1. The van der Waals surface area contributed by atoms with Crippen molar-refractivity contribution in [3.63, 3.8) is 0 Å². The maximum atomic E-state index is 13.9. The van der Waals surface area contributed by atoms with Crippen molar-refractivity contribution < 1.29 is 18.0 Å². The molecule has 0 aliphatic carbocycles. The van der Waals surface area contributed by atoms with E-state index in [-0.39, 0.29) is 37.4 Å². The Morgan fingerprint density at radius 1 is 0.929 bits per heavy atom. The van der Waals surface area contributed by atoms with Gasteiger partial charge in [-0.2, -0.15) is 0 Å². The van der Waals surface area contributed by atoms with Crippen LogP contribution in [-0.4, -0.2) is 50.0 Å². The maximum absolute atomic E-state index is 13.9. The quantitative estimate of drug-likeness (QED) is 0.240. The predicted molar refractivity (Wildman–Crippen MR) is 171 cm³/mol. The van der Waals surface area contributed by atoms with Crippen molar-refractivity contribution in [2.45, 2.75) is 72.0 Å². The Morgan fingerprint density at radius 2 is 1.60 bits per heavy atom. The van der Waals surface area contributed by atoms with E-state index in [4.69, 9.17) is 11.6 Å². The molecule has 42 heavy (non-hydrogen) atoms. The van der Waals surface area contributed by atoms with Crippen LogP contribution in [0.15, 0.2) is 72.8 Å². The molecule has 2 atom stereocenters. The van der Waals surface area contributed by atoms with E-state index >= 15 is 0 Å². The zero-order valence-corrected chi connectivity index (χ0v) is 26.7. The van der Waals surface area contributed by atoms with E-state index in [1.54, 1.807) is 23.1 Å². The van der Waals surface area contributed by atoms with E-state index in [1.807, 2.05) is 82.3 Å². The minimum Gasteiger partial charge on any atom is -0.352 e. The van der Waals surface area contributed by atoms with Gasteiger partial charge in [-0.3, -0.25) is 13.9 Å². The molecule has 3 rings (SSSR count). The van der Waals surface area contributed by atoms with Crippen LogP contribution in [0.3, 0.4) is 0 Å². The van der Waals surface area contributed by atoms with Crippen molar-refractivity contribution in [3.05, 3.63) is 100 Å². The lowest BCUT2D eigenvalue weighted by atomic mass is 10.0. The number of hydrogen-bond donors (Lipinski definition) is 1. The standard InChI is InChI=1S/C33H42ClN3O4S/c1-6-25(3)35-33(39)31(22-27-13-8-7-9-14-27)36(23-28-17-19-29(34)20-18-28)32(38)16-11-21-37(42(5,40)41)30-15-10-12-24(2)26(30)4/h7-10,12-15,17-20,25,31H,6,11,16,21-23H2,1-5H3,(H,35,39). The lowest BCUT2D eigenvalue weighted by Gasteiger charge is -2.33. The van der Waals surface area contributed by atoms with Gasteiger partial charge in [0.25, 0.3) is 0 Å². The van der Waals surface area contributed by atoms with Gasteiger partial charge in [-0.15, -0.1) is 0 Å². The van der Waals surface area contributed by atoms with Crippen molar-refractivity contribution >= 4 is 39.1 Å². The highest BCUT2D eigenvalue weighted by molar-refractivity contribution is 7.92. The van der Waals surface area contributed by atoms with Crippen molar-refractivity contribution in [3.8, 4) is 0 Å². The Labute approximate surface area is 255 Å². The lowest BCUT2D eigenvalue weighted by Crippen LogP contribution is -2.52. The first-order valence-corrected chi connectivity index (χ1v) is 16.6. The van der Waals surface area contributed by atoms with E-state index in [0.29, 0.717) is 23.6 Å². The van der Waals surface area contributed by atoms with Crippen molar-refractivity contribution in [2.24, 2.45) is 0 Å². The highest BCUT2D eigenvalue weighted by atomic mass is 35.5. The fourth-order valence-electron chi connectivity index (χ4n) is 4.77. The second-order valence-electron chi connectivity index (χ2n) is 10.8. The van der Waals surface area contributed by atoms with Crippen molar-refractivity contribution in [1.82, 2.24) is 10.2 Å². The molecule has 0 fully saturated rings. The summed E-state index contributed by atoms with van der Waals surface area (Å²) < 4.78 is 26.9. The third-order valence-corrected chi connectivity index (χ3v) is 8.97. The molecule has 2 amide bonds. The minimum atomic E-state index is -3.58. The number of carbonyl (C=O) groups excluding carboxylic acids is 2. The van der Waals surface area contributed by atoms with E-state index in [0.717, 1.165) is 28.7 Å². The second kappa shape index (κ2) is 15.2. The molecule has 0 radical (unpaired) electrons. The van der Waals surface area contributed by atoms with Gasteiger partial charge in [-0.1, -0.05) is 73.1 Å². The Hall–Kier alpha value is -3.36. The highest BCUT2D eigenvalue weighted by Gasteiger charge is 2.31. The van der Waals surface area contributed by atoms with Crippen LogP contribution in [0.4, 0.5) is 5.69 Å². The molecule has 0 saturated carbocycles. The fourth-order valence-corrected chi connectivity index (χ4v) is 5.91. The first-order valence-electron chi connectivity index (χ1n) is 14.3. The first-order chi connectivity index (χ1) is 19.9. The summed E-state index contributed by atoms with van der Waals surface area (Å²) in [4.78, 5) is 29.2. The van der Waals surface area contributed by atoms with Crippen LogP contribution in [0.1, 0.15) is 55.4 Å². The average Bonchev–Trinajstić information content (AvgIpc) is 2.95. The number of halogens is 1. The number of carbonyl (C=O) groups is 2. The Balaban J connectivity index is 1.90. The molecule has 0 bridgehead atoms. The van der Waals surface area contributed by atoms with Gasteiger partial charge >= 0.3 is 0 Å². The van der Waals surface area contributed by atoms with E-state index in [9.17, 15) is 18.0 Å².